The Hall–Kier alpha value is -3.71. The van der Waals surface area contributed by atoms with Gasteiger partial charge in [0.15, 0.2) is 0 Å². The fourth-order valence-electron chi connectivity index (χ4n) is 6.22. The number of esters is 1. The quantitative estimate of drug-likeness (QED) is 0.154. The van der Waals surface area contributed by atoms with E-state index in [1.807, 2.05) is 37.3 Å². The van der Waals surface area contributed by atoms with Gasteiger partial charge < -0.3 is 20.1 Å². The highest BCUT2D eigenvalue weighted by molar-refractivity contribution is 6.04. The number of benzene rings is 1. The van der Waals surface area contributed by atoms with Gasteiger partial charge in [-0.05, 0) is 67.4 Å². The van der Waals surface area contributed by atoms with Gasteiger partial charge in [0.25, 0.3) is 0 Å². The number of aromatic nitrogens is 1. The van der Waals surface area contributed by atoms with Crippen molar-refractivity contribution in [1.29, 1.82) is 5.41 Å². The molecule has 1 saturated carbocycles. The molecular weight excluding hydrogens is 524 g/mol. The number of aliphatic hydroxyl groups excluding tert-OH is 1. The monoisotopic (exact) mass is 572 g/mol. The molecule has 4 rings (SSSR count). The fourth-order valence-corrected chi connectivity index (χ4v) is 6.22. The van der Waals surface area contributed by atoms with Crippen molar-refractivity contribution >= 4 is 34.6 Å². The molecule has 7 nitrogen and oxygen atoms in total. The lowest BCUT2D eigenvalue weighted by molar-refractivity contribution is 0.0601. The van der Waals surface area contributed by atoms with Crippen molar-refractivity contribution in [3.63, 3.8) is 0 Å². The average molecular weight is 573 g/mol. The van der Waals surface area contributed by atoms with Crippen LogP contribution in [-0.2, 0) is 11.3 Å². The van der Waals surface area contributed by atoms with E-state index in [0.29, 0.717) is 30.5 Å². The first-order chi connectivity index (χ1) is 20.4. The van der Waals surface area contributed by atoms with Crippen LogP contribution in [0.1, 0.15) is 99.7 Å². The lowest BCUT2D eigenvalue weighted by Crippen LogP contribution is -2.19. The summed E-state index contributed by atoms with van der Waals surface area (Å²) in [7, 11) is 1.40. The van der Waals surface area contributed by atoms with E-state index in [-0.39, 0.29) is 5.97 Å². The minimum atomic E-state index is -0.361. The third-order valence-electron chi connectivity index (χ3n) is 8.54. The molecule has 0 saturated heterocycles. The molecule has 1 aromatic carbocycles. The van der Waals surface area contributed by atoms with Crippen molar-refractivity contribution in [2.45, 2.75) is 84.6 Å². The molecule has 2 heterocycles. The molecule has 42 heavy (non-hydrogen) atoms. The summed E-state index contributed by atoms with van der Waals surface area (Å²) in [5.74, 6) is 1.13. The Morgan fingerprint density at radius 1 is 1.26 bits per heavy atom. The zero-order valence-corrected chi connectivity index (χ0v) is 25.8. The number of methoxy groups -OCH3 is 1. The smallest absolute Gasteiger partial charge is 0.337 e. The Balaban J connectivity index is 0.000000531. The maximum Gasteiger partial charge on any atom is 0.337 e. The van der Waals surface area contributed by atoms with Gasteiger partial charge in [0.1, 0.15) is 12.2 Å². The van der Waals surface area contributed by atoms with Crippen molar-refractivity contribution < 1.29 is 14.6 Å². The van der Waals surface area contributed by atoms with Crippen LogP contribution in [0.4, 0.5) is 0 Å². The summed E-state index contributed by atoms with van der Waals surface area (Å²) in [5.41, 5.74) is 13.1. The standard InChI is InChI=1S/C28H32N4O2.C7H16O/c1-4-9-19-14-21(27(30)31-17-29)16-32-24-15-20(28(33)34-3)12-13-23(24)25(26(32)22(19)5-2)18-10-7-6-8-11-18;1-3-7(4-2)5-6-8/h4-5,9,12-15,17-18H,2,6-8,10-11,16H2,1,3H3,(H3,29,30,31);7-8H,3-6H2,1-2H3/b9-4-;. The third-order valence-corrected chi connectivity index (χ3v) is 8.54. The summed E-state index contributed by atoms with van der Waals surface area (Å²) >= 11 is 0. The Kier molecular flexibility index (Phi) is 12.5. The molecule has 1 aliphatic carbocycles. The van der Waals surface area contributed by atoms with E-state index in [0.717, 1.165) is 64.8 Å². The van der Waals surface area contributed by atoms with Gasteiger partial charge in [-0.25, -0.2) is 9.79 Å². The molecule has 0 unspecified atom stereocenters. The van der Waals surface area contributed by atoms with Crippen LogP contribution in [0.2, 0.25) is 0 Å². The van der Waals surface area contributed by atoms with Gasteiger partial charge in [0.05, 0.1) is 24.9 Å². The number of fused-ring (bicyclic) bond motifs is 3. The van der Waals surface area contributed by atoms with E-state index in [2.05, 4.69) is 42.1 Å². The van der Waals surface area contributed by atoms with E-state index in [4.69, 9.17) is 21.0 Å². The van der Waals surface area contributed by atoms with Gasteiger partial charge in [-0.2, -0.15) is 0 Å². The number of rotatable bonds is 10. The van der Waals surface area contributed by atoms with Gasteiger partial charge in [0, 0.05) is 28.7 Å². The van der Waals surface area contributed by atoms with Gasteiger partial charge in [0.2, 0.25) is 0 Å². The van der Waals surface area contributed by atoms with E-state index in [9.17, 15) is 4.79 Å². The number of nitrogens with one attached hydrogen (secondary N) is 1. The Bertz CT molecular complexity index is 1380. The second-order valence-corrected chi connectivity index (χ2v) is 11.0. The minimum absolute atomic E-state index is 0.304. The predicted octanol–water partition coefficient (Wildman–Crippen LogP) is 7.70. The molecule has 0 atom stereocenters. The number of aliphatic imine (C=N–C) groups is 1. The Morgan fingerprint density at radius 3 is 2.52 bits per heavy atom. The molecule has 1 fully saturated rings. The number of hydrogen-bond acceptors (Lipinski definition) is 4. The van der Waals surface area contributed by atoms with Crippen molar-refractivity contribution in [2.75, 3.05) is 13.7 Å². The molecule has 0 radical (unpaired) electrons. The summed E-state index contributed by atoms with van der Waals surface area (Å²) in [6, 6.07) is 5.83. The molecule has 226 valence electrons. The first-order valence-electron chi connectivity index (χ1n) is 15.3. The molecule has 4 N–H and O–H groups in total. The van der Waals surface area contributed by atoms with Crippen molar-refractivity contribution in [2.24, 2.45) is 16.6 Å². The maximum atomic E-state index is 12.4. The first kappa shape index (κ1) is 32.8. The van der Waals surface area contributed by atoms with Crippen LogP contribution in [-0.4, -0.2) is 41.5 Å². The van der Waals surface area contributed by atoms with Gasteiger partial charge in [-0.15, -0.1) is 0 Å². The molecule has 0 bridgehead atoms. The second-order valence-electron chi connectivity index (χ2n) is 11.0. The van der Waals surface area contributed by atoms with E-state index in [1.165, 1.54) is 44.8 Å². The number of aliphatic hydroxyl groups is 1. The lowest BCUT2D eigenvalue weighted by Gasteiger charge is -2.24. The van der Waals surface area contributed by atoms with Gasteiger partial charge in [-0.1, -0.05) is 76.8 Å². The number of carbonyl (C=O) groups excluding carboxylic acids is 1. The van der Waals surface area contributed by atoms with Crippen LogP contribution in [0.15, 0.2) is 65.2 Å². The number of nitrogens with zero attached hydrogens (tertiary/aromatic N) is 2. The van der Waals surface area contributed by atoms with Crippen LogP contribution in [0.5, 0.6) is 0 Å². The zero-order valence-electron chi connectivity index (χ0n) is 25.8. The molecule has 1 aliphatic heterocycles. The summed E-state index contributed by atoms with van der Waals surface area (Å²) in [4.78, 5) is 16.4. The highest BCUT2D eigenvalue weighted by Crippen LogP contribution is 2.45. The molecular formula is C35H48N4O3. The minimum Gasteiger partial charge on any atom is -0.465 e. The second kappa shape index (κ2) is 16.1. The summed E-state index contributed by atoms with van der Waals surface area (Å²) in [5, 5.41) is 17.1. The van der Waals surface area contributed by atoms with Gasteiger partial charge >= 0.3 is 5.97 Å². The zero-order chi connectivity index (χ0) is 30.6. The molecule has 0 amide bonds. The third kappa shape index (κ3) is 7.37. The van der Waals surface area contributed by atoms with Crippen LogP contribution in [0.25, 0.3) is 16.5 Å². The summed E-state index contributed by atoms with van der Waals surface area (Å²) in [6.45, 7) is 11.3. The van der Waals surface area contributed by atoms with Crippen LogP contribution >= 0.6 is 0 Å². The number of amidine groups is 1. The highest BCUT2D eigenvalue weighted by Gasteiger charge is 2.30. The van der Waals surface area contributed by atoms with E-state index >= 15 is 0 Å². The Morgan fingerprint density at radius 2 is 1.98 bits per heavy atom. The topological polar surface area (TPSA) is 114 Å². The number of nitrogens with two attached hydrogens (primary N) is 1. The van der Waals surface area contributed by atoms with Gasteiger partial charge in [-0.3, -0.25) is 5.41 Å². The molecule has 2 aromatic rings. The summed E-state index contributed by atoms with van der Waals surface area (Å²) in [6.07, 6.45) is 18.4. The fraction of sp³-hybridized carbons (Fsp3) is 0.457. The van der Waals surface area contributed by atoms with Crippen LogP contribution in [0, 0.1) is 11.3 Å². The van der Waals surface area contributed by atoms with E-state index < -0.39 is 0 Å². The maximum absolute atomic E-state index is 12.4. The van der Waals surface area contributed by atoms with Crippen molar-refractivity contribution in [1.82, 2.24) is 4.57 Å². The lowest BCUT2D eigenvalue weighted by atomic mass is 9.81. The molecule has 7 heteroatoms. The SMILES string of the molecule is C=CC1=C(/C=C\C)C=C(C(N)=NC=N)Cn2c1c(C1CCCCC1)c1ccc(C(=O)OC)cc12.CCC(CC)CCO. The predicted molar refractivity (Wildman–Crippen MR) is 175 cm³/mol. The molecule has 2 aliphatic rings. The normalized spacial score (nSPS) is 16.1. The average Bonchev–Trinajstić information content (AvgIpc) is 3.23. The largest absolute Gasteiger partial charge is 0.465 e. The number of allylic oxidation sites excluding steroid dienone is 6. The van der Waals surface area contributed by atoms with Crippen molar-refractivity contribution in [3.05, 3.63) is 77.0 Å². The summed E-state index contributed by atoms with van der Waals surface area (Å²) < 4.78 is 7.23. The molecule has 0 spiro atoms. The van der Waals surface area contributed by atoms with E-state index in [1.54, 1.807) is 0 Å². The van der Waals surface area contributed by atoms with Crippen LogP contribution in [0.3, 0.4) is 0 Å². The number of hydrogen-bond donors (Lipinski definition) is 3. The first-order valence-corrected chi connectivity index (χ1v) is 15.3. The Labute approximate surface area is 251 Å². The number of carbonyl (C=O) groups is 1. The highest BCUT2D eigenvalue weighted by atomic mass is 16.5. The number of ether oxygens (including phenoxy) is 1. The van der Waals surface area contributed by atoms with Crippen LogP contribution < -0.4 is 5.73 Å². The molecule has 1 aromatic heterocycles. The van der Waals surface area contributed by atoms with Crippen molar-refractivity contribution in [3.8, 4) is 0 Å².